The molecule has 0 unspecified atom stereocenters. The van der Waals surface area contributed by atoms with Gasteiger partial charge in [0.1, 0.15) is 11.5 Å². The highest BCUT2D eigenvalue weighted by Crippen LogP contribution is 2.15. The Morgan fingerprint density at radius 1 is 1.08 bits per heavy atom. The standard InChI is InChI=1S/C21H23NO4/c1-3-22(4-2)21(25)15-26-19-11-9-17(10-12-19)20(24)13-8-16-6-5-7-18(23)14-16/h5-14,23H,3-4,15H2,1-2H3/b13-8+. The fourth-order valence-electron chi connectivity index (χ4n) is 2.42. The molecule has 0 aliphatic carbocycles. The van der Waals surface area contributed by atoms with Gasteiger partial charge in [0.15, 0.2) is 12.4 Å². The average Bonchev–Trinajstić information content (AvgIpc) is 2.66. The normalized spacial score (nSPS) is 10.7. The largest absolute Gasteiger partial charge is 0.508 e. The average molecular weight is 353 g/mol. The number of ketones is 1. The first-order valence-electron chi connectivity index (χ1n) is 8.55. The summed E-state index contributed by atoms with van der Waals surface area (Å²) in [7, 11) is 0. The van der Waals surface area contributed by atoms with Crippen LogP contribution in [0.3, 0.4) is 0 Å². The number of hydrogen-bond acceptors (Lipinski definition) is 4. The van der Waals surface area contributed by atoms with E-state index in [4.69, 9.17) is 4.74 Å². The molecular formula is C21H23NO4. The number of ether oxygens (including phenoxy) is 1. The van der Waals surface area contributed by atoms with E-state index in [9.17, 15) is 14.7 Å². The Morgan fingerprint density at radius 3 is 2.38 bits per heavy atom. The molecule has 1 amide bonds. The van der Waals surface area contributed by atoms with Gasteiger partial charge in [-0.25, -0.2) is 0 Å². The molecule has 2 aromatic rings. The molecule has 26 heavy (non-hydrogen) atoms. The SMILES string of the molecule is CCN(CC)C(=O)COc1ccc(C(=O)/C=C/c2cccc(O)c2)cc1. The summed E-state index contributed by atoms with van der Waals surface area (Å²) in [6.45, 7) is 5.12. The van der Waals surface area contributed by atoms with Crippen molar-refractivity contribution in [2.75, 3.05) is 19.7 Å². The van der Waals surface area contributed by atoms with E-state index in [0.717, 1.165) is 5.56 Å². The maximum Gasteiger partial charge on any atom is 0.260 e. The van der Waals surface area contributed by atoms with Crippen molar-refractivity contribution in [3.63, 3.8) is 0 Å². The minimum absolute atomic E-state index is 0.0215. The van der Waals surface area contributed by atoms with E-state index in [1.54, 1.807) is 59.5 Å². The highest BCUT2D eigenvalue weighted by atomic mass is 16.5. The lowest BCUT2D eigenvalue weighted by Crippen LogP contribution is -2.34. The van der Waals surface area contributed by atoms with Gasteiger partial charge in [-0.2, -0.15) is 0 Å². The van der Waals surface area contributed by atoms with Crippen LogP contribution >= 0.6 is 0 Å². The molecule has 0 heterocycles. The molecule has 0 saturated heterocycles. The third-order valence-corrected chi connectivity index (χ3v) is 3.91. The summed E-state index contributed by atoms with van der Waals surface area (Å²) in [5, 5.41) is 9.42. The molecule has 2 rings (SSSR count). The van der Waals surface area contributed by atoms with Gasteiger partial charge in [0.05, 0.1) is 0 Å². The number of rotatable bonds is 8. The zero-order valence-corrected chi connectivity index (χ0v) is 15.0. The summed E-state index contributed by atoms with van der Waals surface area (Å²) in [5.74, 6) is 0.475. The number of phenolic OH excluding ortho intramolecular Hbond substituents is 1. The van der Waals surface area contributed by atoms with Crippen LogP contribution < -0.4 is 4.74 Å². The van der Waals surface area contributed by atoms with E-state index >= 15 is 0 Å². The Balaban J connectivity index is 1.94. The Hall–Kier alpha value is -3.08. The maximum atomic E-state index is 12.2. The third kappa shape index (κ3) is 5.48. The molecule has 0 aliphatic rings. The van der Waals surface area contributed by atoms with Crippen molar-refractivity contribution in [2.45, 2.75) is 13.8 Å². The van der Waals surface area contributed by atoms with Crippen LogP contribution in [0.25, 0.3) is 6.08 Å². The molecule has 0 aliphatic heterocycles. The van der Waals surface area contributed by atoms with Crippen LogP contribution in [0, 0.1) is 0 Å². The van der Waals surface area contributed by atoms with Crippen LogP contribution in [0.1, 0.15) is 29.8 Å². The molecule has 0 radical (unpaired) electrons. The Kier molecular flexibility index (Phi) is 6.97. The highest BCUT2D eigenvalue weighted by Gasteiger charge is 2.10. The van der Waals surface area contributed by atoms with Gasteiger partial charge in [0.25, 0.3) is 5.91 Å². The number of aromatic hydroxyl groups is 1. The molecule has 1 N–H and O–H groups in total. The third-order valence-electron chi connectivity index (χ3n) is 3.91. The molecule has 0 fully saturated rings. The number of carbonyl (C=O) groups excluding carboxylic acids is 2. The molecule has 5 nitrogen and oxygen atoms in total. The molecule has 0 atom stereocenters. The zero-order chi connectivity index (χ0) is 18.9. The van der Waals surface area contributed by atoms with Crippen molar-refractivity contribution < 1.29 is 19.4 Å². The van der Waals surface area contributed by atoms with Crippen LogP contribution in [0.15, 0.2) is 54.6 Å². The van der Waals surface area contributed by atoms with Crippen molar-refractivity contribution in [3.8, 4) is 11.5 Å². The smallest absolute Gasteiger partial charge is 0.260 e. The number of hydrogen-bond donors (Lipinski definition) is 1. The highest BCUT2D eigenvalue weighted by molar-refractivity contribution is 6.06. The Labute approximate surface area is 153 Å². The molecule has 0 saturated carbocycles. The number of amides is 1. The summed E-state index contributed by atoms with van der Waals surface area (Å²) in [4.78, 5) is 25.8. The van der Waals surface area contributed by atoms with Gasteiger partial charge in [-0.1, -0.05) is 18.2 Å². The van der Waals surface area contributed by atoms with Crippen molar-refractivity contribution in [1.82, 2.24) is 4.90 Å². The molecule has 0 aromatic heterocycles. The number of phenols is 1. The summed E-state index contributed by atoms with van der Waals surface area (Å²) in [6, 6.07) is 13.3. The fourth-order valence-corrected chi connectivity index (χ4v) is 2.42. The lowest BCUT2D eigenvalue weighted by atomic mass is 10.1. The molecule has 0 bridgehead atoms. The van der Waals surface area contributed by atoms with Gasteiger partial charge in [-0.3, -0.25) is 9.59 Å². The summed E-state index contributed by atoms with van der Waals surface area (Å²) in [6.07, 6.45) is 3.10. The van der Waals surface area contributed by atoms with E-state index < -0.39 is 0 Å². The zero-order valence-electron chi connectivity index (χ0n) is 15.0. The first-order chi connectivity index (χ1) is 12.5. The predicted molar refractivity (Wildman–Crippen MR) is 101 cm³/mol. The van der Waals surface area contributed by atoms with E-state index in [-0.39, 0.29) is 24.0 Å². The first kappa shape index (κ1) is 19.2. The number of allylic oxidation sites excluding steroid dienone is 1. The second kappa shape index (κ2) is 9.42. The quantitative estimate of drug-likeness (QED) is 0.582. The molecular weight excluding hydrogens is 330 g/mol. The predicted octanol–water partition coefficient (Wildman–Crippen LogP) is 3.54. The van der Waals surface area contributed by atoms with Crippen LogP contribution in [-0.2, 0) is 4.79 Å². The van der Waals surface area contributed by atoms with Gasteiger partial charge in [-0.15, -0.1) is 0 Å². The number of likely N-dealkylation sites (N-methyl/N-ethyl adjacent to an activating group) is 1. The van der Waals surface area contributed by atoms with Crippen molar-refractivity contribution >= 4 is 17.8 Å². The maximum absolute atomic E-state index is 12.2. The van der Waals surface area contributed by atoms with E-state index in [1.807, 2.05) is 13.8 Å². The van der Waals surface area contributed by atoms with Gasteiger partial charge in [0.2, 0.25) is 0 Å². The monoisotopic (exact) mass is 353 g/mol. The lowest BCUT2D eigenvalue weighted by Gasteiger charge is -2.18. The van der Waals surface area contributed by atoms with E-state index in [2.05, 4.69) is 0 Å². The van der Waals surface area contributed by atoms with Crippen molar-refractivity contribution in [3.05, 3.63) is 65.7 Å². The van der Waals surface area contributed by atoms with Crippen LogP contribution in [0.5, 0.6) is 11.5 Å². The second-order valence-corrected chi connectivity index (χ2v) is 5.67. The van der Waals surface area contributed by atoms with Gasteiger partial charge >= 0.3 is 0 Å². The van der Waals surface area contributed by atoms with Gasteiger partial charge in [0, 0.05) is 18.7 Å². The molecule has 136 valence electrons. The number of nitrogens with zero attached hydrogens (tertiary/aromatic N) is 1. The molecule has 5 heteroatoms. The lowest BCUT2D eigenvalue weighted by molar-refractivity contribution is -0.132. The molecule has 0 spiro atoms. The van der Waals surface area contributed by atoms with E-state index in [0.29, 0.717) is 24.4 Å². The Morgan fingerprint density at radius 2 is 1.77 bits per heavy atom. The Bertz CT molecular complexity index is 777. The topological polar surface area (TPSA) is 66.8 Å². The summed E-state index contributed by atoms with van der Waals surface area (Å²) >= 11 is 0. The van der Waals surface area contributed by atoms with Crippen LogP contribution in [-0.4, -0.2) is 41.4 Å². The minimum atomic E-state index is -0.154. The molecule has 2 aromatic carbocycles. The summed E-state index contributed by atoms with van der Waals surface area (Å²) < 4.78 is 5.48. The van der Waals surface area contributed by atoms with Crippen molar-refractivity contribution in [1.29, 1.82) is 0 Å². The van der Waals surface area contributed by atoms with Gasteiger partial charge in [-0.05, 0) is 61.9 Å². The number of carbonyl (C=O) groups is 2. The fraction of sp³-hybridized carbons (Fsp3) is 0.238. The van der Waals surface area contributed by atoms with Crippen LogP contribution in [0.4, 0.5) is 0 Å². The van der Waals surface area contributed by atoms with E-state index in [1.165, 1.54) is 6.08 Å². The van der Waals surface area contributed by atoms with Crippen LogP contribution in [0.2, 0.25) is 0 Å². The number of benzene rings is 2. The minimum Gasteiger partial charge on any atom is -0.508 e. The second-order valence-electron chi connectivity index (χ2n) is 5.67. The first-order valence-corrected chi connectivity index (χ1v) is 8.55. The van der Waals surface area contributed by atoms with Crippen molar-refractivity contribution in [2.24, 2.45) is 0 Å². The van der Waals surface area contributed by atoms with Gasteiger partial charge < -0.3 is 14.7 Å². The summed E-state index contributed by atoms with van der Waals surface area (Å²) in [5.41, 5.74) is 1.26.